The van der Waals surface area contributed by atoms with Crippen molar-refractivity contribution in [2.24, 2.45) is 0 Å². The third-order valence-electron chi connectivity index (χ3n) is 4.18. The molecule has 0 atom stereocenters. The summed E-state index contributed by atoms with van der Waals surface area (Å²) in [5, 5.41) is 10.1. The Morgan fingerprint density at radius 3 is 2.14 bits per heavy atom. The zero-order chi connectivity index (χ0) is 19.3. The molecule has 7 heteroatoms. The molecule has 29 heavy (non-hydrogen) atoms. The predicted octanol–water partition coefficient (Wildman–Crippen LogP) is 6.14. The number of halogens is 2. The summed E-state index contributed by atoms with van der Waals surface area (Å²) in [6.45, 7) is 0. The predicted molar refractivity (Wildman–Crippen MR) is 124 cm³/mol. The Morgan fingerprint density at radius 2 is 1.48 bits per heavy atom. The smallest absolute Gasteiger partial charge is 0.196 e. The molecular weight excluding hydrogens is 470 g/mol. The Hall–Kier alpha value is -2.41. The van der Waals surface area contributed by atoms with Crippen molar-refractivity contribution in [2.45, 2.75) is 5.16 Å². The van der Waals surface area contributed by atoms with Gasteiger partial charge in [0.25, 0.3) is 0 Å². The fourth-order valence-corrected chi connectivity index (χ4v) is 3.77. The molecule has 4 aromatic rings. The van der Waals surface area contributed by atoms with Crippen molar-refractivity contribution in [3.63, 3.8) is 0 Å². The Labute approximate surface area is 188 Å². The first-order chi connectivity index (χ1) is 13.7. The number of carbonyl (C=O) groups excluding carboxylic acids is 1. The SMILES string of the molecule is Br.O=C(CSc1nnc(-c2ccc(Cl)cc2)n1-c1ccccc1)c1ccccc1. The highest BCUT2D eigenvalue weighted by Crippen LogP contribution is 2.29. The van der Waals surface area contributed by atoms with Crippen LogP contribution in [0.15, 0.2) is 90.1 Å². The van der Waals surface area contributed by atoms with E-state index in [4.69, 9.17) is 11.6 Å². The number of para-hydroxylation sites is 1. The Morgan fingerprint density at radius 1 is 0.862 bits per heavy atom. The van der Waals surface area contributed by atoms with Gasteiger partial charge < -0.3 is 0 Å². The van der Waals surface area contributed by atoms with E-state index in [1.807, 2.05) is 89.5 Å². The maximum Gasteiger partial charge on any atom is 0.196 e. The van der Waals surface area contributed by atoms with E-state index < -0.39 is 0 Å². The van der Waals surface area contributed by atoms with Crippen molar-refractivity contribution in [3.8, 4) is 17.1 Å². The van der Waals surface area contributed by atoms with Crippen molar-refractivity contribution in [2.75, 3.05) is 5.75 Å². The highest BCUT2D eigenvalue weighted by Gasteiger charge is 2.17. The lowest BCUT2D eigenvalue weighted by Crippen LogP contribution is -2.04. The molecule has 0 bridgehead atoms. The number of carbonyl (C=O) groups is 1. The third kappa shape index (κ3) is 4.96. The second-order valence-electron chi connectivity index (χ2n) is 6.06. The van der Waals surface area contributed by atoms with E-state index in [2.05, 4.69) is 10.2 Å². The fourth-order valence-electron chi connectivity index (χ4n) is 2.80. The lowest BCUT2D eigenvalue weighted by molar-refractivity contribution is 0.102. The van der Waals surface area contributed by atoms with Gasteiger partial charge in [-0.25, -0.2) is 0 Å². The molecule has 0 saturated carbocycles. The number of benzene rings is 3. The number of ketones is 1. The number of hydrogen-bond acceptors (Lipinski definition) is 4. The summed E-state index contributed by atoms with van der Waals surface area (Å²) >= 11 is 7.40. The standard InChI is InChI=1S/C22H16ClN3OS.BrH/c23-18-13-11-17(12-14-18)21-24-25-22(26(21)19-9-5-2-6-10-19)28-15-20(27)16-7-3-1-4-8-16;/h1-14H,15H2;1H. The Kier molecular flexibility index (Phi) is 7.25. The van der Waals surface area contributed by atoms with E-state index in [-0.39, 0.29) is 28.5 Å². The molecule has 4 nitrogen and oxygen atoms in total. The van der Waals surface area contributed by atoms with E-state index in [1.165, 1.54) is 11.8 Å². The largest absolute Gasteiger partial charge is 0.293 e. The van der Waals surface area contributed by atoms with Crippen LogP contribution in [-0.2, 0) is 0 Å². The number of thioether (sulfide) groups is 1. The van der Waals surface area contributed by atoms with Crippen molar-refractivity contribution in [1.29, 1.82) is 0 Å². The zero-order valence-corrected chi connectivity index (χ0v) is 18.5. The molecule has 0 fully saturated rings. The van der Waals surface area contributed by atoms with Crippen LogP contribution in [0.1, 0.15) is 10.4 Å². The second kappa shape index (κ2) is 9.87. The lowest BCUT2D eigenvalue weighted by atomic mass is 10.2. The van der Waals surface area contributed by atoms with Crippen LogP contribution in [0.4, 0.5) is 0 Å². The maximum absolute atomic E-state index is 12.5. The summed E-state index contributed by atoms with van der Waals surface area (Å²) in [5.74, 6) is 1.05. The number of hydrogen-bond donors (Lipinski definition) is 0. The van der Waals surface area contributed by atoms with Gasteiger partial charge in [-0.15, -0.1) is 27.2 Å². The molecule has 0 unspecified atom stereocenters. The van der Waals surface area contributed by atoms with Crippen LogP contribution < -0.4 is 0 Å². The lowest BCUT2D eigenvalue weighted by Gasteiger charge is -2.10. The van der Waals surface area contributed by atoms with Gasteiger partial charge in [-0.1, -0.05) is 71.9 Å². The maximum atomic E-state index is 12.5. The molecule has 0 radical (unpaired) electrons. The molecule has 0 saturated heterocycles. The fraction of sp³-hybridized carbons (Fsp3) is 0.0455. The normalized spacial score (nSPS) is 10.4. The quantitative estimate of drug-likeness (QED) is 0.243. The molecule has 0 spiro atoms. The number of Topliss-reactive ketones (excluding diaryl/α,β-unsaturated/α-hetero) is 1. The van der Waals surface area contributed by atoms with E-state index >= 15 is 0 Å². The molecule has 1 aromatic heterocycles. The number of aromatic nitrogens is 3. The monoisotopic (exact) mass is 485 g/mol. The van der Waals surface area contributed by atoms with E-state index in [9.17, 15) is 4.79 Å². The Bertz CT molecular complexity index is 1090. The number of rotatable bonds is 6. The van der Waals surface area contributed by atoms with Crippen LogP contribution in [0.25, 0.3) is 17.1 Å². The van der Waals surface area contributed by atoms with Crippen LogP contribution >= 0.6 is 40.3 Å². The number of nitrogens with zero attached hydrogens (tertiary/aromatic N) is 3. The van der Waals surface area contributed by atoms with Gasteiger partial charge in [0.15, 0.2) is 16.8 Å². The highest BCUT2D eigenvalue weighted by molar-refractivity contribution is 8.93. The summed E-state index contributed by atoms with van der Waals surface area (Å²) in [4.78, 5) is 12.5. The van der Waals surface area contributed by atoms with Gasteiger partial charge in [0.05, 0.1) is 5.75 Å². The van der Waals surface area contributed by atoms with Crippen molar-refractivity contribution >= 4 is 46.1 Å². The average Bonchev–Trinajstić information content (AvgIpc) is 3.17. The molecule has 0 amide bonds. The first-order valence-corrected chi connectivity index (χ1v) is 10.1. The molecule has 1 heterocycles. The van der Waals surface area contributed by atoms with E-state index in [0.717, 1.165) is 11.3 Å². The summed E-state index contributed by atoms with van der Waals surface area (Å²) < 4.78 is 1.96. The third-order valence-corrected chi connectivity index (χ3v) is 5.36. The zero-order valence-electron chi connectivity index (χ0n) is 15.2. The van der Waals surface area contributed by atoms with Gasteiger partial charge in [-0.05, 0) is 36.4 Å². The molecule has 0 aliphatic carbocycles. The molecule has 0 N–H and O–H groups in total. The topological polar surface area (TPSA) is 47.8 Å². The van der Waals surface area contributed by atoms with Crippen LogP contribution in [0.3, 0.4) is 0 Å². The molecule has 3 aromatic carbocycles. The molecule has 146 valence electrons. The minimum Gasteiger partial charge on any atom is -0.293 e. The minimum absolute atomic E-state index is 0. The van der Waals surface area contributed by atoms with E-state index in [0.29, 0.717) is 21.6 Å². The van der Waals surface area contributed by atoms with Crippen molar-refractivity contribution in [3.05, 3.63) is 95.5 Å². The van der Waals surface area contributed by atoms with Crippen LogP contribution in [0, 0.1) is 0 Å². The average molecular weight is 487 g/mol. The van der Waals surface area contributed by atoms with Gasteiger partial charge in [-0.2, -0.15) is 0 Å². The molecule has 4 rings (SSSR count). The summed E-state index contributed by atoms with van der Waals surface area (Å²) in [6.07, 6.45) is 0. The van der Waals surface area contributed by atoms with Crippen molar-refractivity contribution in [1.82, 2.24) is 14.8 Å². The van der Waals surface area contributed by atoms with Crippen LogP contribution in [-0.4, -0.2) is 26.3 Å². The van der Waals surface area contributed by atoms with Crippen LogP contribution in [0.5, 0.6) is 0 Å². The molecule has 0 aliphatic rings. The van der Waals surface area contributed by atoms with Crippen LogP contribution in [0.2, 0.25) is 5.02 Å². The molecular formula is C22H17BrClN3OS. The summed E-state index contributed by atoms with van der Waals surface area (Å²) in [7, 11) is 0. The van der Waals surface area contributed by atoms with Crippen molar-refractivity contribution < 1.29 is 4.79 Å². The van der Waals surface area contributed by atoms with Gasteiger partial charge in [-0.3, -0.25) is 9.36 Å². The summed E-state index contributed by atoms with van der Waals surface area (Å²) in [5.41, 5.74) is 2.54. The van der Waals surface area contributed by atoms with Gasteiger partial charge in [0.1, 0.15) is 0 Å². The highest BCUT2D eigenvalue weighted by atomic mass is 79.9. The van der Waals surface area contributed by atoms with Gasteiger partial charge in [0, 0.05) is 21.8 Å². The molecule has 0 aliphatic heterocycles. The Balaban J connectivity index is 0.00000240. The first kappa shape index (κ1) is 21.3. The minimum atomic E-state index is 0. The summed E-state index contributed by atoms with van der Waals surface area (Å²) in [6, 6.07) is 26.6. The van der Waals surface area contributed by atoms with Gasteiger partial charge in [0.2, 0.25) is 0 Å². The first-order valence-electron chi connectivity index (χ1n) is 8.70. The van der Waals surface area contributed by atoms with Gasteiger partial charge >= 0.3 is 0 Å². The van der Waals surface area contributed by atoms with E-state index in [1.54, 1.807) is 0 Å². The second-order valence-corrected chi connectivity index (χ2v) is 7.44.